The number of carbonyl (C=O) groups excluding carboxylic acids is 3. The second-order valence-electron chi connectivity index (χ2n) is 7.95. The van der Waals surface area contributed by atoms with Crippen LogP contribution < -0.4 is 21.7 Å². The van der Waals surface area contributed by atoms with Crippen LogP contribution in [-0.2, 0) is 4.79 Å². The molecule has 0 atom stereocenters. The third-order valence-electron chi connectivity index (χ3n) is 5.13. The van der Waals surface area contributed by atoms with Crippen LogP contribution >= 0.6 is 11.3 Å². The normalized spacial score (nSPS) is 10.6. The minimum Gasteiger partial charge on any atom is -0.382 e. The van der Waals surface area contributed by atoms with Crippen molar-refractivity contribution < 1.29 is 23.2 Å². The van der Waals surface area contributed by atoms with Gasteiger partial charge in [-0.05, 0) is 67.6 Å². The molecular formula is C26H21F2N5O3S. The molecule has 0 aliphatic heterocycles. The minimum absolute atomic E-state index is 0.0144. The Bertz CT molecular complexity index is 1450. The fraction of sp³-hybridized carbons (Fsp3) is 0.0769. The highest BCUT2D eigenvalue weighted by atomic mass is 32.1. The van der Waals surface area contributed by atoms with Crippen LogP contribution in [0.1, 0.15) is 32.5 Å². The number of anilines is 5. The molecule has 4 aromatic rings. The monoisotopic (exact) mass is 521 g/mol. The number of nitrogens with two attached hydrogens (primary N) is 1. The van der Waals surface area contributed by atoms with E-state index >= 15 is 0 Å². The summed E-state index contributed by atoms with van der Waals surface area (Å²) in [5.74, 6) is -3.33. The van der Waals surface area contributed by atoms with E-state index in [1.54, 1.807) is 48.5 Å². The highest BCUT2D eigenvalue weighted by Crippen LogP contribution is 2.31. The van der Waals surface area contributed by atoms with Crippen molar-refractivity contribution in [2.75, 3.05) is 28.2 Å². The van der Waals surface area contributed by atoms with E-state index in [-0.39, 0.29) is 34.1 Å². The molecule has 0 unspecified atom stereocenters. The molecule has 0 saturated heterocycles. The van der Waals surface area contributed by atoms with Gasteiger partial charge in [0, 0.05) is 22.6 Å². The van der Waals surface area contributed by atoms with Crippen LogP contribution in [-0.4, -0.2) is 29.0 Å². The summed E-state index contributed by atoms with van der Waals surface area (Å²) in [7, 11) is 0. The second kappa shape index (κ2) is 11.0. The van der Waals surface area contributed by atoms with Gasteiger partial charge in [0.2, 0.25) is 5.78 Å². The average molecular weight is 522 g/mol. The third kappa shape index (κ3) is 6.14. The summed E-state index contributed by atoms with van der Waals surface area (Å²) < 4.78 is 28.0. The molecule has 3 aromatic carbocycles. The molecule has 0 radical (unpaired) electrons. The first-order valence-corrected chi connectivity index (χ1v) is 11.8. The molecule has 4 rings (SSSR count). The highest BCUT2D eigenvalue weighted by molar-refractivity contribution is 7.18. The van der Waals surface area contributed by atoms with Crippen molar-refractivity contribution in [2.24, 2.45) is 0 Å². The van der Waals surface area contributed by atoms with Crippen LogP contribution in [0.25, 0.3) is 0 Å². The molecule has 0 saturated carbocycles. The Kier molecular flexibility index (Phi) is 7.54. The Morgan fingerprint density at radius 2 is 1.49 bits per heavy atom. The van der Waals surface area contributed by atoms with E-state index in [4.69, 9.17) is 5.73 Å². The van der Waals surface area contributed by atoms with E-state index in [1.165, 1.54) is 13.0 Å². The van der Waals surface area contributed by atoms with Crippen LogP contribution in [0.15, 0.2) is 66.7 Å². The fourth-order valence-corrected chi connectivity index (χ4v) is 4.16. The average Bonchev–Trinajstić information content (AvgIpc) is 3.23. The molecule has 0 spiro atoms. The number of thiazole rings is 1. The number of ketones is 2. The van der Waals surface area contributed by atoms with E-state index in [2.05, 4.69) is 20.9 Å². The molecule has 37 heavy (non-hydrogen) atoms. The predicted molar refractivity (Wildman–Crippen MR) is 140 cm³/mol. The van der Waals surface area contributed by atoms with Crippen molar-refractivity contribution >= 4 is 56.8 Å². The first kappa shape index (κ1) is 25.5. The van der Waals surface area contributed by atoms with Crippen molar-refractivity contribution in [2.45, 2.75) is 6.92 Å². The van der Waals surface area contributed by atoms with Crippen LogP contribution in [0.3, 0.4) is 0 Å². The molecular weight excluding hydrogens is 500 g/mol. The van der Waals surface area contributed by atoms with Crippen LogP contribution in [0, 0.1) is 11.6 Å². The van der Waals surface area contributed by atoms with Gasteiger partial charge < -0.3 is 21.7 Å². The number of hydrogen-bond acceptors (Lipinski definition) is 8. The zero-order valence-corrected chi connectivity index (χ0v) is 20.3. The van der Waals surface area contributed by atoms with Gasteiger partial charge in [-0.1, -0.05) is 17.4 Å². The molecule has 1 aromatic heterocycles. The number of aromatic nitrogens is 1. The molecule has 0 aliphatic carbocycles. The van der Waals surface area contributed by atoms with E-state index in [1.807, 2.05) is 0 Å². The molecule has 188 valence electrons. The molecule has 1 amide bonds. The first-order chi connectivity index (χ1) is 17.7. The Hall–Kier alpha value is -4.64. The first-order valence-electron chi connectivity index (χ1n) is 11.0. The summed E-state index contributed by atoms with van der Waals surface area (Å²) in [6, 6.07) is 16.6. The lowest BCUT2D eigenvalue weighted by molar-refractivity contribution is -0.115. The summed E-state index contributed by atoms with van der Waals surface area (Å²) in [6.45, 7) is 1.71. The minimum atomic E-state index is -0.984. The second-order valence-corrected chi connectivity index (χ2v) is 8.95. The van der Waals surface area contributed by atoms with Crippen LogP contribution in [0.4, 0.5) is 36.8 Å². The number of Topliss-reactive ketones (excluding diaryl/α,β-unsaturated/α-hetero) is 1. The van der Waals surface area contributed by atoms with Gasteiger partial charge >= 0.3 is 0 Å². The maximum Gasteiger partial charge on any atom is 0.255 e. The van der Waals surface area contributed by atoms with E-state index in [0.717, 1.165) is 29.2 Å². The largest absolute Gasteiger partial charge is 0.382 e. The smallest absolute Gasteiger partial charge is 0.255 e. The van der Waals surface area contributed by atoms with Crippen molar-refractivity contribution in [1.82, 2.24) is 4.98 Å². The zero-order valence-electron chi connectivity index (χ0n) is 19.5. The Labute approximate surface area is 214 Å². The van der Waals surface area contributed by atoms with Crippen LogP contribution in [0.5, 0.6) is 0 Å². The topological polar surface area (TPSA) is 126 Å². The molecule has 1 heterocycles. The summed E-state index contributed by atoms with van der Waals surface area (Å²) in [6.07, 6.45) is 0. The molecule has 0 bridgehead atoms. The lowest BCUT2D eigenvalue weighted by Crippen LogP contribution is -2.12. The number of nitrogens with one attached hydrogen (secondary N) is 3. The number of amides is 1. The van der Waals surface area contributed by atoms with Gasteiger partial charge in [0.1, 0.15) is 28.1 Å². The Morgan fingerprint density at radius 3 is 2.11 bits per heavy atom. The van der Waals surface area contributed by atoms with Crippen molar-refractivity contribution in [1.29, 1.82) is 0 Å². The number of hydrogen-bond donors (Lipinski definition) is 4. The number of halogens is 2. The van der Waals surface area contributed by atoms with E-state index in [9.17, 15) is 23.2 Å². The lowest BCUT2D eigenvalue weighted by atomic mass is 10.1. The number of nitrogen functional groups attached to an aromatic ring is 1. The van der Waals surface area contributed by atoms with Crippen molar-refractivity contribution in [3.63, 3.8) is 0 Å². The predicted octanol–water partition coefficient (Wildman–Crippen LogP) is 5.23. The maximum atomic E-state index is 14.0. The molecule has 0 aliphatic rings. The Morgan fingerprint density at radius 1 is 0.892 bits per heavy atom. The van der Waals surface area contributed by atoms with Gasteiger partial charge in [-0.15, -0.1) is 0 Å². The molecule has 0 fully saturated rings. The standard InChI is InChI=1S/C26H21F2N5O3S/c1-14(34)13-30-16-9-11-17(12-10-16)31-25(36)15-5-7-18(8-6-15)32-26-33-24(29)23(37-26)22(35)21-19(27)3-2-4-20(21)28/h2-12,30H,13,29H2,1H3,(H,31,36)(H,32,33). The number of benzene rings is 3. The van der Waals surface area contributed by atoms with Crippen molar-refractivity contribution in [3.8, 4) is 0 Å². The number of nitrogens with zero attached hydrogens (tertiary/aromatic N) is 1. The number of rotatable bonds is 9. The van der Waals surface area contributed by atoms with Crippen molar-refractivity contribution in [3.05, 3.63) is 94.4 Å². The molecule has 5 N–H and O–H groups in total. The molecule has 11 heteroatoms. The van der Waals surface area contributed by atoms with Gasteiger partial charge in [-0.25, -0.2) is 13.8 Å². The third-order valence-corrected chi connectivity index (χ3v) is 6.12. The summed E-state index contributed by atoms with van der Waals surface area (Å²) in [4.78, 5) is 40.3. The van der Waals surface area contributed by atoms with Gasteiger partial charge in [0.05, 0.1) is 12.1 Å². The molecule has 8 nitrogen and oxygen atoms in total. The SMILES string of the molecule is CC(=O)CNc1ccc(NC(=O)c2ccc(Nc3nc(N)c(C(=O)c4c(F)cccc4F)s3)cc2)cc1. The fourth-order valence-electron chi connectivity index (χ4n) is 3.31. The summed E-state index contributed by atoms with van der Waals surface area (Å²) >= 11 is 0.860. The summed E-state index contributed by atoms with van der Waals surface area (Å²) in [5, 5.41) is 8.97. The number of carbonyl (C=O) groups is 3. The van der Waals surface area contributed by atoms with E-state index < -0.39 is 23.0 Å². The van der Waals surface area contributed by atoms with Gasteiger partial charge in [-0.2, -0.15) is 0 Å². The lowest BCUT2D eigenvalue weighted by Gasteiger charge is -2.08. The van der Waals surface area contributed by atoms with Gasteiger partial charge in [-0.3, -0.25) is 14.4 Å². The van der Waals surface area contributed by atoms with Crippen LogP contribution in [0.2, 0.25) is 0 Å². The van der Waals surface area contributed by atoms with Gasteiger partial charge in [0.25, 0.3) is 5.91 Å². The van der Waals surface area contributed by atoms with Gasteiger partial charge in [0.15, 0.2) is 5.13 Å². The maximum absolute atomic E-state index is 14.0. The highest BCUT2D eigenvalue weighted by Gasteiger charge is 2.24. The Balaban J connectivity index is 1.40. The quantitative estimate of drug-likeness (QED) is 0.222. The summed E-state index contributed by atoms with van der Waals surface area (Å²) in [5.41, 5.74) is 7.44. The zero-order chi connectivity index (χ0) is 26.5. The van der Waals surface area contributed by atoms with E-state index in [0.29, 0.717) is 16.9 Å².